The van der Waals surface area contributed by atoms with Gasteiger partial charge in [-0.15, -0.1) is 11.8 Å². The second-order valence-electron chi connectivity index (χ2n) is 6.99. The zero-order chi connectivity index (χ0) is 24.6. The van der Waals surface area contributed by atoms with Crippen molar-refractivity contribution in [3.05, 3.63) is 65.5 Å². The molecule has 166 valence electrons. The maximum atomic E-state index is 9.98. The van der Waals surface area contributed by atoms with E-state index in [9.17, 15) is 10.5 Å². The molecule has 0 aliphatic carbocycles. The lowest BCUT2D eigenvalue weighted by Gasteiger charge is -2.19. The summed E-state index contributed by atoms with van der Waals surface area (Å²) in [5, 5.41) is 32.4. The number of anilines is 1. The maximum Gasteiger partial charge on any atom is 0.145 e. The first-order chi connectivity index (χ1) is 16.4. The Morgan fingerprint density at radius 1 is 1.12 bits per heavy atom. The number of hydrogen-bond acceptors (Lipinski definition) is 9. The van der Waals surface area contributed by atoms with Gasteiger partial charge in [-0.25, -0.2) is 4.98 Å². The molecule has 34 heavy (non-hydrogen) atoms. The highest BCUT2D eigenvalue weighted by Crippen LogP contribution is 2.37. The summed E-state index contributed by atoms with van der Waals surface area (Å²) in [6.07, 6.45) is 3.46. The number of thioether (sulfide) groups is 1. The zero-order valence-electron chi connectivity index (χ0n) is 18.4. The molecule has 3 rings (SSSR count). The van der Waals surface area contributed by atoms with E-state index in [4.69, 9.17) is 30.3 Å². The SMILES string of the molecule is [B]C([B])(O)OCCOc1ccc(-c2c(C#N)c(NC)nc(SCc3cccnc3)c2C#N)cc1. The van der Waals surface area contributed by atoms with Gasteiger partial charge in [-0.3, -0.25) is 4.98 Å². The number of aromatic nitrogens is 2. The van der Waals surface area contributed by atoms with Crippen molar-refractivity contribution in [1.82, 2.24) is 9.97 Å². The Bertz CT molecular complexity index is 1210. The van der Waals surface area contributed by atoms with Gasteiger partial charge in [0.25, 0.3) is 0 Å². The molecule has 8 nitrogen and oxygen atoms in total. The molecule has 3 aromatic rings. The van der Waals surface area contributed by atoms with Crippen molar-refractivity contribution in [2.45, 2.75) is 16.4 Å². The van der Waals surface area contributed by atoms with E-state index in [0.717, 1.165) is 5.56 Å². The van der Waals surface area contributed by atoms with E-state index in [2.05, 4.69) is 27.4 Å². The molecule has 0 atom stereocenters. The number of nitrogens with one attached hydrogen (secondary N) is 1. The minimum absolute atomic E-state index is 0.0180. The molecule has 1 aromatic carbocycles. The summed E-state index contributed by atoms with van der Waals surface area (Å²) in [6.45, 7) is 0.0903. The highest BCUT2D eigenvalue weighted by atomic mass is 32.2. The van der Waals surface area contributed by atoms with Crippen molar-refractivity contribution in [1.29, 1.82) is 10.5 Å². The molecular weight excluding hydrogens is 448 g/mol. The summed E-state index contributed by atoms with van der Waals surface area (Å²) < 4.78 is 10.3. The van der Waals surface area contributed by atoms with E-state index in [1.54, 1.807) is 43.7 Å². The quantitative estimate of drug-likeness (QED) is 0.200. The largest absolute Gasteiger partial charge is 0.491 e. The summed E-state index contributed by atoms with van der Waals surface area (Å²) in [5.74, 6) is 1.48. The van der Waals surface area contributed by atoms with Crippen LogP contribution in [0.4, 0.5) is 5.82 Å². The number of ether oxygens (including phenoxy) is 2. The number of nitriles is 2. The van der Waals surface area contributed by atoms with Crippen molar-refractivity contribution >= 4 is 33.3 Å². The van der Waals surface area contributed by atoms with E-state index in [0.29, 0.717) is 39.0 Å². The molecule has 0 fully saturated rings. The van der Waals surface area contributed by atoms with Gasteiger partial charge in [0.15, 0.2) is 0 Å². The van der Waals surface area contributed by atoms with Gasteiger partial charge in [-0.2, -0.15) is 10.5 Å². The Balaban J connectivity index is 1.90. The zero-order valence-corrected chi connectivity index (χ0v) is 19.2. The van der Waals surface area contributed by atoms with Gasteiger partial charge in [-0.05, 0) is 29.3 Å². The highest BCUT2D eigenvalue weighted by molar-refractivity contribution is 7.98. The number of nitrogens with zero attached hydrogens (tertiary/aromatic N) is 4. The Kier molecular flexibility index (Phi) is 8.55. The van der Waals surface area contributed by atoms with Gasteiger partial charge in [-0.1, -0.05) is 18.2 Å². The van der Waals surface area contributed by atoms with Crippen LogP contribution in [-0.2, 0) is 10.5 Å². The van der Waals surface area contributed by atoms with E-state index >= 15 is 0 Å². The summed E-state index contributed by atoms with van der Waals surface area (Å²) in [4.78, 5) is 8.64. The first-order valence-electron chi connectivity index (χ1n) is 10.1. The number of benzene rings is 1. The fraction of sp³-hybridized carbons (Fsp3) is 0.217. The van der Waals surface area contributed by atoms with Gasteiger partial charge in [0.1, 0.15) is 56.6 Å². The molecule has 0 aliphatic rings. The fourth-order valence-corrected chi connectivity index (χ4v) is 3.99. The van der Waals surface area contributed by atoms with Crippen molar-refractivity contribution in [3.8, 4) is 29.0 Å². The molecule has 2 N–H and O–H groups in total. The van der Waals surface area contributed by atoms with Crippen molar-refractivity contribution in [2.24, 2.45) is 0 Å². The second-order valence-corrected chi connectivity index (χ2v) is 7.95. The predicted octanol–water partition coefficient (Wildman–Crippen LogP) is 2.56. The van der Waals surface area contributed by atoms with Gasteiger partial charge in [0, 0.05) is 30.8 Å². The summed E-state index contributed by atoms with van der Waals surface area (Å²) in [6, 6.07) is 15.1. The average molecular weight is 467 g/mol. The first-order valence-corrected chi connectivity index (χ1v) is 11.1. The number of hydrogen-bond donors (Lipinski definition) is 2. The molecule has 2 aromatic heterocycles. The summed E-state index contributed by atoms with van der Waals surface area (Å²) in [5.41, 5.74) is 0.520. The molecule has 4 radical (unpaired) electrons. The van der Waals surface area contributed by atoms with Crippen LogP contribution in [0.25, 0.3) is 11.1 Å². The van der Waals surface area contributed by atoms with Crippen LogP contribution in [0.2, 0.25) is 0 Å². The Morgan fingerprint density at radius 3 is 2.44 bits per heavy atom. The lowest BCUT2D eigenvalue weighted by atomic mass is 9.77. The smallest absolute Gasteiger partial charge is 0.145 e. The monoisotopic (exact) mass is 467 g/mol. The van der Waals surface area contributed by atoms with Crippen LogP contribution in [0.3, 0.4) is 0 Å². The summed E-state index contributed by atoms with van der Waals surface area (Å²) in [7, 11) is 11.9. The van der Waals surface area contributed by atoms with Crippen LogP contribution in [0.5, 0.6) is 5.75 Å². The number of rotatable bonds is 10. The van der Waals surface area contributed by atoms with Gasteiger partial charge >= 0.3 is 0 Å². The normalized spacial score (nSPS) is 10.8. The average Bonchev–Trinajstić information content (AvgIpc) is 2.84. The third-order valence-electron chi connectivity index (χ3n) is 4.55. The molecule has 0 saturated carbocycles. The lowest BCUT2D eigenvalue weighted by molar-refractivity contribution is -0.0821. The van der Waals surface area contributed by atoms with Crippen LogP contribution >= 0.6 is 11.8 Å². The van der Waals surface area contributed by atoms with Crippen molar-refractivity contribution < 1.29 is 14.6 Å². The summed E-state index contributed by atoms with van der Waals surface area (Å²) >= 11 is 1.40. The van der Waals surface area contributed by atoms with E-state index in [1.807, 2.05) is 12.1 Å². The minimum Gasteiger partial charge on any atom is -0.491 e. The molecule has 0 bridgehead atoms. The molecule has 0 aliphatic heterocycles. The molecule has 0 saturated heterocycles. The van der Waals surface area contributed by atoms with Gasteiger partial charge in [0.2, 0.25) is 0 Å². The van der Waals surface area contributed by atoms with Crippen LogP contribution in [0.15, 0.2) is 53.8 Å². The first kappa shape index (κ1) is 25.1. The molecule has 2 heterocycles. The molecule has 0 spiro atoms. The molecule has 0 amide bonds. The molecular formula is C23H19B2N5O3S. The fourth-order valence-electron chi connectivity index (χ4n) is 3.07. The van der Waals surface area contributed by atoms with Gasteiger partial charge < -0.3 is 19.9 Å². The topological polar surface area (TPSA) is 124 Å². The van der Waals surface area contributed by atoms with Crippen LogP contribution in [0.1, 0.15) is 16.7 Å². The Labute approximate surface area is 204 Å². The van der Waals surface area contributed by atoms with E-state index in [-0.39, 0.29) is 18.8 Å². The number of aliphatic hydroxyl groups is 1. The lowest BCUT2D eigenvalue weighted by Crippen LogP contribution is -2.34. The van der Waals surface area contributed by atoms with Crippen molar-refractivity contribution in [3.63, 3.8) is 0 Å². The standard InChI is InChI=1S/C23H19B2N5O3S/c1-28-21-18(11-26)20(16-4-6-17(7-5-16)32-9-10-33-23(24,25)31)19(12-27)22(30-21)34-14-15-3-2-8-29-13-15/h2-8,13,31H,9-10,14H2,1H3,(H,28,30). The molecule has 0 unspecified atom stereocenters. The van der Waals surface area contributed by atoms with Crippen LogP contribution in [0, 0.1) is 22.7 Å². The Morgan fingerprint density at radius 2 is 1.85 bits per heavy atom. The third kappa shape index (κ3) is 6.52. The number of pyridine rings is 2. The second kappa shape index (κ2) is 11.6. The van der Waals surface area contributed by atoms with Crippen LogP contribution in [-0.4, -0.2) is 56.6 Å². The van der Waals surface area contributed by atoms with Crippen molar-refractivity contribution in [2.75, 3.05) is 25.6 Å². The molecule has 11 heteroatoms. The highest BCUT2D eigenvalue weighted by Gasteiger charge is 2.21. The Hall–Kier alpha value is -3.50. The van der Waals surface area contributed by atoms with Crippen LogP contribution < -0.4 is 10.1 Å². The maximum absolute atomic E-state index is 9.98. The third-order valence-corrected chi connectivity index (χ3v) is 5.60. The predicted molar refractivity (Wildman–Crippen MR) is 130 cm³/mol. The van der Waals surface area contributed by atoms with E-state index in [1.165, 1.54) is 11.8 Å². The van der Waals surface area contributed by atoms with E-state index < -0.39 is 5.59 Å². The van der Waals surface area contributed by atoms with Gasteiger partial charge in [0.05, 0.1) is 17.8 Å². The minimum atomic E-state index is -2.21.